The Morgan fingerprint density at radius 2 is 2.05 bits per heavy atom. The van der Waals surface area contributed by atoms with Crippen LogP contribution in [0.1, 0.15) is 12.5 Å². The molecule has 0 fully saturated rings. The Morgan fingerprint density at radius 3 is 2.63 bits per heavy atom. The average Bonchev–Trinajstić information content (AvgIpc) is 2.38. The first-order valence-corrected chi connectivity index (χ1v) is 6.22. The Kier molecular flexibility index (Phi) is 5.57. The van der Waals surface area contributed by atoms with Crippen molar-refractivity contribution in [2.75, 3.05) is 18.6 Å². The normalized spacial score (nSPS) is 10.5. The SMILES string of the molecule is CCOC(=O)/C=C/C(=O)N(C)c1ccc(Cl)c(C)c1. The highest BCUT2D eigenvalue weighted by atomic mass is 35.5. The molecule has 0 aliphatic heterocycles. The third kappa shape index (κ3) is 4.41. The lowest BCUT2D eigenvalue weighted by molar-refractivity contribution is -0.137. The number of benzene rings is 1. The lowest BCUT2D eigenvalue weighted by atomic mass is 10.2. The third-order valence-corrected chi connectivity index (χ3v) is 2.93. The minimum Gasteiger partial charge on any atom is -0.463 e. The smallest absolute Gasteiger partial charge is 0.330 e. The molecule has 0 aromatic heterocycles. The molecule has 0 bridgehead atoms. The van der Waals surface area contributed by atoms with E-state index < -0.39 is 5.97 Å². The summed E-state index contributed by atoms with van der Waals surface area (Å²) in [5, 5.41) is 0.645. The molecule has 0 aliphatic rings. The highest BCUT2D eigenvalue weighted by Gasteiger charge is 2.09. The van der Waals surface area contributed by atoms with Crippen molar-refractivity contribution in [1.29, 1.82) is 0 Å². The van der Waals surface area contributed by atoms with E-state index in [-0.39, 0.29) is 12.5 Å². The van der Waals surface area contributed by atoms with Gasteiger partial charge in [0.25, 0.3) is 5.91 Å². The Bertz CT molecular complexity index is 511. The van der Waals surface area contributed by atoms with E-state index in [9.17, 15) is 9.59 Å². The van der Waals surface area contributed by atoms with Gasteiger partial charge in [0.1, 0.15) is 0 Å². The predicted molar refractivity (Wildman–Crippen MR) is 75.4 cm³/mol. The molecule has 0 heterocycles. The number of hydrogen-bond acceptors (Lipinski definition) is 3. The summed E-state index contributed by atoms with van der Waals surface area (Å²) in [6.07, 6.45) is 2.30. The minimum absolute atomic E-state index is 0.281. The number of anilines is 1. The first-order valence-electron chi connectivity index (χ1n) is 5.84. The van der Waals surface area contributed by atoms with E-state index >= 15 is 0 Å². The average molecular weight is 282 g/mol. The van der Waals surface area contributed by atoms with E-state index in [2.05, 4.69) is 0 Å². The standard InChI is InChI=1S/C14H16ClNO3/c1-4-19-14(18)8-7-13(17)16(3)11-5-6-12(15)10(2)9-11/h5-9H,4H2,1-3H3/b8-7+. The summed E-state index contributed by atoms with van der Waals surface area (Å²) in [6.45, 7) is 3.85. The van der Waals surface area contributed by atoms with Gasteiger partial charge in [-0.1, -0.05) is 11.6 Å². The first-order chi connectivity index (χ1) is 8.95. The summed E-state index contributed by atoms with van der Waals surface area (Å²) < 4.78 is 4.70. The maximum absolute atomic E-state index is 11.8. The number of carbonyl (C=O) groups is 2. The second-order valence-corrected chi connectivity index (χ2v) is 4.32. The van der Waals surface area contributed by atoms with Crippen molar-refractivity contribution in [2.24, 2.45) is 0 Å². The van der Waals surface area contributed by atoms with E-state index in [1.807, 2.05) is 6.92 Å². The van der Waals surface area contributed by atoms with Gasteiger partial charge in [-0.15, -0.1) is 0 Å². The molecular weight excluding hydrogens is 266 g/mol. The molecule has 0 radical (unpaired) electrons. The third-order valence-electron chi connectivity index (χ3n) is 2.51. The van der Waals surface area contributed by atoms with Crippen LogP contribution in [0, 0.1) is 6.92 Å². The summed E-state index contributed by atoms with van der Waals surface area (Å²) in [4.78, 5) is 24.4. The van der Waals surface area contributed by atoms with Crippen LogP contribution in [0.3, 0.4) is 0 Å². The van der Waals surface area contributed by atoms with E-state index in [0.717, 1.165) is 11.6 Å². The molecule has 19 heavy (non-hydrogen) atoms. The van der Waals surface area contributed by atoms with Gasteiger partial charge in [0.2, 0.25) is 0 Å². The molecule has 0 saturated carbocycles. The number of amides is 1. The van der Waals surface area contributed by atoms with Crippen molar-refractivity contribution in [2.45, 2.75) is 13.8 Å². The van der Waals surface area contributed by atoms with E-state index in [1.165, 1.54) is 11.0 Å². The zero-order valence-electron chi connectivity index (χ0n) is 11.1. The van der Waals surface area contributed by atoms with Crippen LogP contribution in [0.5, 0.6) is 0 Å². The summed E-state index contributed by atoms with van der Waals surface area (Å²) in [6, 6.07) is 5.27. The number of likely N-dealkylation sites (N-methyl/N-ethyl adjacent to an activating group) is 1. The number of aryl methyl sites for hydroxylation is 1. The quantitative estimate of drug-likeness (QED) is 0.630. The van der Waals surface area contributed by atoms with Crippen LogP contribution >= 0.6 is 11.6 Å². The van der Waals surface area contributed by atoms with Crippen LogP contribution < -0.4 is 4.90 Å². The molecule has 5 heteroatoms. The number of carbonyl (C=O) groups excluding carboxylic acids is 2. The van der Waals surface area contributed by atoms with Gasteiger partial charge < -0.3 is 9.64 Å². The molecular formula is C14H16ClNO3. The lowest BCUT2D eigenvalue weighted by Gasteiger charge is -2.16. The second kappa shape index (κ2) is 6.95. The van der Waals surface area contributed by atoms with Gasteiger partial charge in [-0.25, -0.2) is 4.79 Å². The Balaban J connectivity index is 2.76. The molecule has 0 aliphatic carbocycles. The number of rotatable bonds is 4. The molecule has 102 valence electrons. The fraction of sp³-hybridized carbons (Fsp3) is 0.286. The van der Waals surface area contributed by atoms with Gasteiger partial charge in [-0.2, -0.15) is 0 Å². The number of halogens is 1. The summed E-state index contributed by atoms with van der Waals surface area (Å²) >= 11 is 5.92. The van der Waals surface area contributed by atoms with Crippen LogP contribution in [-0.4, -0.2) is 25.5 Å². The fourth-order valence-electron chi connectivity index (χ4n) is 1.41. The first kappa shape index (κ1) is 15.2. The van der Waals surface area contributed by atoms with Gasteiger partial charge in [-0.05, 0) is 37.6 Å². The molecule has 1 aromatic rings. The molecule has 0 saturated heterocycles. The molecule has 1 rings (SSSR count). The van der Waals surface area contributed by atoms with E-state index in [4.69, 9.17) is 16.3 Å². The van der Waals surface area contributed by atoms with Gasteiger partial charge in [0.05, 0.1) is 6.61 Å². The highest BCUT2D eigenvalue weighted by molar-refractivity contribution is 6.31. The molecule has 0 N–H and O–H groups in total. The highest BCUT2D eigenvalue weighted by Crippen LogP contribution is 2.21. The van der Waals surface area contributed by atoms with E-state index in [0.29, 0.717) is 10.7 Å². The van der Waals surface area contributed by atoms with Crippen molar-refractivity contribution in [1.82, 2.24) is 0 Å². The number of ether oxygens (including phenoxy) is 1. The molecule has 0 spiro atoms. The van der Waals surface area contributed by atoms with Crippen molar-refractivity contribution in [3.05, 3.63) is 40.9 Å². The van der Waals surface area contributed by atoms with Crippen LogP contribution in [-0.2, 0) is 14.3 Å². The number of nitrogens with zero attached hydrogens (tertiary/aromatic N) is 1. The lowest BCUT2D eigenvalue weighted by Crippen LogP contribution is -2.24. The van der Waals surface area contributed by atoms with E-state index in [1.54, 1.807) is 32.2 Å². The maximum atomic E-state index is 11.8. The van der Waals surface area contributed by atoms with Crippen molar-refractivity contribution >= 4 is 29.2 Å². The Labute approximate surface area is 117 Å². The number of esters is 1. The molecule has 1 aromatic carbocycles. The minimum atomic E-state index is -0.531. The van der Waals surface area contributed by atoms with Gasteiger partial charge >= 0.3 is 5.97 Å². The monoisotopic (exact) mass is 281 g/mol. The molecule has 0 atom stereocenters. The van der Waals surface area contributed by atoms with Crippen LogP contribution in [0.15, 0.2) is 30.4 Å². The van der Waals surface area contributed by atoms with Crippen molar-refractivity contribution in [3.63, 3.8) is 0 Å². The van der Waals surface area contributed by atoms with Crippen molar-refractivity contribution in [3.8, 4) is 0 Å². The largest absolute Gasteiger partial charge is 0.463 e. The summed E-state index contributed by atoms with van der Waals surface area (Å²) in [5.41, 5.74) is 1.59. The second-order valence-electron chi connectivity index (χ2n) is 3.92. The summed E-state index contributed by atoms with van der Waals surface area (Å²) in [5.74, 6) is -0.841. The Hall–Kier alpha value is -1.81. The number of hydrogen-bond donors (Lipinski definition) is 0. The predicted octanol–water partition coefficient (Wildman–Crippen LogP) is 2.73. The van der Waals surface area contributed by atoms with Gasteiger partial charge in [0.15, 0.2) is 0 Å². The summed E-state index contributed by atoms with van der Waals surface area (Å²) in [7, 11) is 1.63. The molecule has 1 amide bonds. The van der Waals surface area contributed by atoms with Crippen LogP contribution in [0.2, 0.25) is 5.02 Å². The van der Waals surface area contributed by atoms with Crippen molar-refractivity contribution < 1.29 is 14.3 Å². The molecule has 0 unspecified atom stereocenters. The zero-order chi connectivity index (χ0) is 14.4. The van der Waals surface area contributed by atoms with Crippen LogP contribution in [0.25, 0.3) is 0 Å². The zero-order valence-corrected chi connectivity index (χ0v) is 11.9. The maximum Gasteiger partial charge on any atom is 0.330 e. The van der Waals surface area contributed by atoms with Gasteiger partial charge in [0, 0.05) is 29.9 Å². The Morgan fingerprint density at radius 1 is 1.37 bits per heavy atom. The molecule has 4 nitrogen and oxygen atoms in total. The topological polar surface area (TPSA) is 46.6 Å². The van der Waals surface area contributed by atoms with Gasteiger partial charge in [-0.3, -0.25) is 4.79 Å². The van der Waals surface area contributed by atoms with Crippen LogP contribution in [0.4, 0.5) is 5.69 Å². The fourth-order valence-corrected chi connectivity index (χ4v) is 1.52.